The number of nitrogens with one attached hydrogen (secondary N) is 2. The molecule has 0 bridgehead atoms. The number of piperidine rings is 1. The number of nitrogens with zero attached hydrogens (tertiary/aromatic N) is 1. The summed E-state index contributed by atoms with van der Waals surface area (Å²) in [7, 11) is 0. The van der Waals surface area contributed by atoms with Crippen molar-refractivity contribution in [2.75, 3.05) is 31.1 Å². The molecule has 1 heterocycles. The van der Waals surface area contributed by atoms with Crippen molar-refractivity contribution in [2.45, 2.75) is 38.6 Å². The number of amides is 1. The number of carbonyl (C=O) groups excluding carboxylic acids is 1. The summed E-state index contributed by atoms with van der Waals surface area (Å²) in [6.45, 7) is 5.84. The third kappa shape index (κ3) is 5.05. The summed E-state index contributed by atoms with van der Waals surface area (Å²) in [6, 6.07) is 10.5. The summed E-state index contributed by atoms with van der Waals surface area (Å²) < 4.78 is 0. The first-order chi connectivity index (χ1) is 10.3. The quantitative estimate of drug-likeness (QED) is 0.756. The summed E-state index contributed by atoms with van der Waals surface area (Å²) in [4.78, 5) is 14.3. The molecule has 4 heteroatoms. The Morgan fingerprint density at radius 2 is 2.14 bits per heavy atom. The molecule has 4 nitrogen and oxygen atoms in total. The van der Waals surface area contributed by atoms with E-state index in [1.54, 1.807) is 0 Å². The highest BCUT2D eigenvalue weighted by molar-refractivity contribution is 5.81. The first-order valence-electron chi connectivity index (χ1n) is 8.12. The molecule has 1 saturated heterocycles. The molecule has 1 aromatic carbocycles. The normalized spacial score (nSPS) is 18.2. The van der Waals surface area contributed by atoms with Gasteiger partial charge in [-0.2, -0.15) is 0 Å². The molecule has 1 aliphatic heterocycles. The molecule has 2 rings (SSSR count). The third-order valence-corrected chi connectivity index (χ3v) is 4.03. The van der Waals surface area contributed by atoms with Crippen molar-refractivity contribution in [2.24, 2.45) is 0 Å². The van der Waals surface area contributed by atoms with Gasteiger partial charge < -0.3 is 15.5 Å². The van der Waals surface area contributed by atoms with E-state index in [0.717, 1.165) is 45.4 Å². The van der Waals surface area contributed by atoms with Gasteiger partial charge in [-0.3, -0.25) is 4.79 Å². The van der Waals surface area contributed by atoms with Crippen LogP contribution in [-0.4, -0.2) is 38.1 Å². The molecular formula is C17H27N3O. The van der Waals surface area contributed by atoms with Gasteiger partial charge in [0.15, 0.2) is 0 Å². The van der Waals surface area contributed by atoms with Crippen molar-refractivity contribution in [3.63, 3.8) is 0 Å². The molecule has 1 atom stereocenters. The minimum absolute atomic E-state index is 0.0233. The molecule has 0 unspecified atom stereocenters. The van der Waals surface area contributed by atoms with Gasteiger partial charge in [0.2, 0.25) is 5.91 Å². The van der Waals surface area contributed by atoms with E-state index >= 15 is 0 Å². The third-order valence-electron chi connectivity index (χ3n) is 4.03. The Labute approximate surface area is 127 Å². The maximum Gasteiger partial charge on any atom is 0.237 e. The van der Waals surface area contributed by atoms with Gasteiger partial charge in [0.25, 0.3) is 0 Å². The van der Waals surface area contributed by atoms with E-state index in [0.29, 0.717) is 0 Å². The lowest BCUT2D eigenvalue weighted by Crippen LogP contribution is -2.47. The predicted octanol–water partition coefficient (Wildman–Crippen LogP) is 2.16. The van der Waals surface area contributed by atoms with Gasteiger partial charge in [-0.05, 0) is 44.9 Å². The van der Waals surface area contributed by atoms with Gasteiger partial charge in [0, 0.05) is 25.3 Å². The van der Waals surface area contributed by atoms with Gasteiger partial charge in [-0.25, -0.2) is 0 Å². The van der Waals surface area contributed by atoms with Crippen molar-refractivity contribution < 1.29 is 4.79 Å². The van der Waals surface area contributed by atoms with E-state index in [4.69, 9.17) is 0 Å². The summed E-state index contributed by atoms with van der Waals surface area (Å²) in [5, 5.41) is 6.34. The minimum atomic E-state index is 0.0233. The molecule has 1 aromatic rings. The largest absolute Gasteiger partial charge is 0.372 e. The first kappa shape index (κ1) is 15.8. The summed E-state index contributed by atoms with van der Waals surface area (Å²) >= 11 is 0. The molecule has 0 aromatic heterocycles. The van der Waals surface area contributed by atoms with Crippen LogP contribution < -0.4 is 15.5 Å². The van der Waals surface area contributed by atoms with Crippen molar-refractivity contribution in [1.29, 1.82) is 0 Å². The second-order valence-electron chi connectivity index (χ2n) is 5.56. The molecule has 1 fully saturated rings. The van der Waals surface area contributed by atoms with Crippen LogP contribution in [0.3, 0.4) is 0 Å². The molecule has 0 saturated carbocycles. The zero-order valence-electron chi connectivity index (χ0n) is 13.0. The van der Waals surface area contributed by atoms with E-state index in [1.807, 2.05) is 6.07 Å². The molecule has 116 valence electrons. The van der Waals surface area contributed by atoms with E-state index in [1.165, 1.54) is 12.1 Å². The highest BCUT2D eigenvalue weighted by Crippen LogP contribution is 2.12. The SMILES string of the molecule is CCN(CCCNC(=O)[C@H]1CCCCN1)c1ccccc1. The van der Waals surface area contributed by atoms with Crippen LogP contribution in [0, 0.1) is 0 Å². The standard InChI is InChI=1S/C17H27N3O/c1-2-20(15-9-4-3-5-10-15)14-8-13-19-17(21)16-11-6-7-12-18-16/h3-5,9-10,16,18H,2,6-8,11-14H2,1H3,(H,19,21)/t16-/m1/s1. The zero-order valence-corrected chi connectivity index (χ0v) is 13.0. The van der Waals surface area contributed by atoms with E-state index in [2.05, 4.69) is 46.7 Å². The number of benzene rings is 1. The fourth-order valence-corrected chi connectivity index (χ4v) is 2.79. The minimum Gasteiger partial charge on any atom is -0.372 e. The zero-order chi connectivity index (χ0) is 14.9. The van der Waals surface area contributed by atoms with Gasteiger partial charge in [0.1, 0.15) is 0 Å². The maximum atomic E-state index is 12.0. The second kappa shape index (κ2) is 8.67. The molecule has 0 spiro atoms. The average molecular weight is 289 g/mol. The Balaban J connectivity index is 1.67. The highest BCUT2D eigenvalue weighted by Gasteiger charge is 2.19. The Morgan fingerprint density at radius 3 is 2.81 bits per heavy atom. The monoisotopic (exact) mass is 289 g/mol. The number of para-hydroxylation sites is 1. The lowest BCUT2D eigenvalue weighted by atomic mass is 10.0. The maximum absolute atomic E-state index is 12.0. The Bertz CT molecular complexity index is 415. The fraction of sp³-hybridized carbons (Fsp3) is 0.588. The van der Waals surface area contributed by atoms with Crippen LogP contribution in [0.15, 0.2) is 30.3 Å². The number of hydrogen-bond acceptors (Lipinski definition) is 3. The number of rotatable bonds is 7. The highest BCUT2D eigenvalue weighted by atomic mass is 16.2. The topological polar surface area (TPSA) is 44.4 Å². The fourth-order valence-electron chi connectivity index (χ4n) is 2.79. The van der Waals surface area contributed by atoms with E-state index in [-0.39, 0.29) is 11.9 Å². The Morgan fingerprint density at radius 1 is 1.33 bits per heavy atom. The molecule has 21 heavy (non-hydrogen) atoms. The second-order valence-corrected chi connectivity index (χ2v) is 5.56. The van der Waals surface area contributed by atoms with Gasteiger partial charge in [-0.15, -0.1) is 0 Å². The molecule has 0 aliphatic carbocycles. The Kier molecular flexibility index (Phi) is 6.54. The van der Waals surface area contributed by atoms with Crippen LogP contribution in [0.1, 0.15) is 32.6 Å². The van der Waals surface area contributed by atoms with Crippen LogP contribution in [0.2, 0.25) is 0 Å². The van der Waals surface area contributed by atoms with Crippen molar-refractivity contribution in [3.8, 4) is 0 Å². The predicted molar refractivity (Wildman–Crippen MR) is 87.6 cm³/mol. The van der Waals surface area contributed by atoms with E-state index < -0.39 is 0 Å². The van der Waals surface area contributed by atoms with Crippen LogP contribution in [-0.2, 0) is 4.79 Å². The smallest absolute Gasteiger partial charge is 0.237 e. The number of anilines is 1. The van der Waals surface area contributed by atoms with Crippen LogP contribution >= 0.6 is 0 Å². The van der Waals surface area contributed by atoms with Gasteiger partial charge in [-0.1, -0.05) is 24.6 Å². The van der Waals surface area contributed by atoms with Crippen LogP contribution in [0.4, 0.5) is 5.69 Å². The molecule has 1 aliphatic rings. The molecule has 0 radical (unpaired) electrons. The number of hydrogen-bond donors (Lipinski definition) is 2. The van der Waals surface area contributed by atoms with Gasteiger partial charge in [0.05, 0.1) is 6.04 Å². The average Bonchev–Trinajstić information content (AvgIpc) is 2.56. The molecule has 2 N–H and O–H groups in total. The molecule has 1 amide bonds. The van der Waals surface area contributed by atoms with E-state index in [9.17, 15) is 4.79 Å². The lowest BCUT2D eigenvalue weighted by molar-refractivity contribution is -0.123. The van der Waals surface area contributed by atoms with Crippen molar-refractivity contribution in [3.05, 3.63) is 30.3 Å². The molecular weight excluding hydrogens is 262 g/mol. The van der Waals surface area contributed by atoms with Crippen LogP contribution in [0.5, 0.6) is 0 Å². The summed E-state index contributed by atoms with van der Waals surface area (Å²) in [6.07, 6.45) is 4.28. The number of carbonyl (C=O) groups is 1. The Hall–Kier alpha value is -1.55. The van der Waals surface area contributed by atoms with Crippen molar-refractivity contribution >= 4 is 11.6 Å². The lowest BCUT2D eigenvalue weighted by Gasteiger charge is -2.24. The van der Waals surface area contributed by atoms with Crippen LogP contribution in [0.25, 0.3) is 0 Å². The van der Waals surface area contributed by atoms with Gasteiger partial charge >= 0.3 is 0 Å². The summed E-state index contributed by atoms with van der Waals surface area (Å²) in [5.74, 6) is 0.164. The first-order valence-corrected chi connectivity index (χ1v) is 8.12. The summed E-state index contributed by atoms with van der Waals surface area (Å²) in [5.41, 5.74) is 1.25. The van der Waals surface area contributed by atoms with Crippen molar-refractivity contribution in [1.82, 2.24) is 10.6 Å².